The Balaban J connectivity index is 2.08. The third kappa shape index (κ3) is 3.31. The Bertz CT molecular complexity index is 476. The second kappa shape index (κ2) is 5.83. The van der Waals surface area contributed by atoms with Gasteiger partial charge in [-0.3, -0.25) is 0 Å². The fourth-order valence-corrected chi connectivity index (χ4v) is 2.18. The van der Waals surface area contributed by atoms with Gasteiger partial charge in [-0.1, -0.05) is 49.4 Å². The number of nitrogens with one attached hydrogen (secondary N) is 1. The average molecular weight is 227 g/mol. The lowest BCUT2D eigenvalue weighted by molar-refractivity contribution is 0.544. The standard InChI is InChI=1S/C16H21N/c1-3-10-17-13(2)11-14-8-9-15-6-4-5-7-16(15)12-14/h4-9,12-13,17H,3,10-11H2,1-2H3. The molecule has 2 aromatic carbocycles. The Morgan fingerprint density at radius 3 is 2.59 bits per heavy atom. The predicted molar refractivity (Wildman–Crippen MR) is 75.4 cm³/mol. The third-order valence-corrected chi connectivity index (χ3v) is 3.10. The van der Waals surface area contributed by atoms with E-state index < -0.39 is 0 Å². The van der Waals surface area contributed by atoms with E-state index in [1.807, 2.05) is 0 Å². The molecule has 1 N–H and O–H groups in total. The first kappa shape index (κ1) is 12.1. The van der Waals surface area contributed by atoms with E-state index >= 15 is 0 Å². The monoisotopic (exact) mass is 227 g/mol. The molecule has 0 aliphatic rings. The van der Waals surface area contributed by atoms with E-state index in [4.69, 9.17) is 0 Å². The minimum absolute atomic E-state index is 0.552. The van der Waals surface area contributed by atoms with Crippen LogP contribution in [-0.4, -0.2) is 12.6 Å². The van der Waals surface area contributed by atoms with Crippen molar-refractivity contribution in [2.45, 2.75) is 32.7 Å². The largest absolute Gasteiger partial charge is 0.314 e. The highest BCUT2D eigenvalue weighted by Gasteiger charge is 2.02. The van der Waals surface area contributed by atoms with Crippen molar-refractivity contribution in [2.75, 3.05) is 6.54 Å². The fraction of sp³-hybridized carbons (Fsp3) is 0.375. The second-order valence-corrected chi connectivity index (χ2v) is 4.74. The van der Waals surface area contributed by atoms with Gasteiger partial charge in [0.05, 0.1) is 0 Å². The van der Waals surface area contributed by atoms with Crippen molar-refractivity contribution >= 4 is 10.8 Å². The summed E-state index contributed by atoms with van der Waals surface area (Å²) in [5, 5.41) is 6.19. The molecule has 0 aliphatic heterocycles. The molecule has 0 amide bonds. The van der Waals surface area contributed by atoms with Gasteiger partial charge in [0, 0.05) is 6.04 Å². The highest BCUT2D eigenvalue weighted by Crippen LogP contribution is 2.16. The number of fused-ring (bicyclic) bond motifs is 1. The maximum Gasteiger partial charge on any atom is 0.00791 e. The quantitative estimate of drug-likeness (QED) is 0.820. The van der Waals surface area contributed by atoms with Gasteiger partial charge in [0.1, 0.15) is 0 Å². The lowest BCUT2D eigenvalue weighted by Crippen LogP contribution is -2.28. The van der Waals surface area contributed by atoms with Crippen LogP contribution in [0.25, 0.3) is 10.8 Å². The van der Waals surface area contributed by atoms with Crippen LogP contribution >= 0.6 is 0 Å². The van der Waals surface area contributed by atoms with Crippen LogP contribution in [0.3, 0.4) is 0 Å². The number of benzene rings is 2. The Morgan fingerprint density at radius 2 is 1.82 bits per heavy atom. The normalized spacial score (nSPS) is 12.8. The van der Waals surface area contributed by atoms with E-state index in [1.54, 1.807) is 0 Å². The molecule has 2 rings (SSSR count). The summed E-state index contributed by atoms with van der Waals surface area (Å²) < 4.78 is 0. The molecule has 0 aromatic heterocycles. The van der Waals surface area contributed by atoms with Crippen molar-refractivity contribution in [2.24, 2.45) is 0 Å². The summed E-state index contributed by atoms with van der Waals surface area (Å²) in [4.78, 5) is 0. The van der Waals surface area contributed by atoms with E-state index in [0.717, 1.165) is 13.0 Å². The Hall–Kier alpha value is -1.34. The van der Waals surface area contributed by atoms with Crippen LogP contribution in [0.15, 0.2) is 42.5 Å². The van der Waals surface area contributed by atoms with Crippen molar-refractivity contribution in [3.8, 4) is 0 Å². The number of rotatable bonds is 5. The zero-order valence-electron chi connectivity index (χ0n) is 10.7. The zero-order valence-corrected chi connectivity index (χ0v) is 10.7. The zero-order chi connectivity index (χ0) is 12.1. The first-order valence-corrected chi connectivity index (χ1v) is 6.50. The van der Waals surface area contributed by atoms with E-state index in [9.17, 15) is 0 Å². The van der Waals surface area contributed by atoms with Gasteiger partial charge in [-0.15, -0.1) is 0 Å². The van der Waals surface area contributed by atoms with Gasteiger partial charge >= 0.3 is 0 Å². The molecule has 1 heteroatoms. The SMILES string of the molecule is CCCNC(C)Cc1ccc2ccccc2c1. The first-order chi connectivity index (χ1) is 8.29. The summed E-state index contributed by atoms with van der Waals surface area (Å²) >= 11 is 0. The molecule has 0 saturated heterocycles. The van der Waals surface area contributed by atoms with Gasteiger partial charge in [0.15, 0.2) is 0 Å². The summed E-state index contributed by atoms with van der Waals surface area (Å²) in [5.41, 5.74) is 1.42. The van der Waals surface area contributed by atoms with Crippen molar-refractivity contribution < 1.29 is 0 Å². The topological polar surface area (TPSA) is 12.0 Å². The Morgan fingerprint density at radius 1 is 1.06 bits per heavy atom. The van der Waals surface area contributed by atoms with Crippen LogP contribution < -0.4 is 5.32 Å². The minimum Gasteiger partial charge on any atom is -0.314 e. The summed E-state index contributed by atoms with van der Waals surface area (Å²) in [6.07, 6.45) is 2.30. The van der Waals surface area contributed by atoms with E-state index in [0.29, 0.717) is 6.04 Å². The first-order valence-electron chi connectivity index (χ1n) is 6.50. The molecule has 1 atom stereocenters. The van der Waals surface area contributed by atoms with Gasteiger partial charge in [-0.2, -0.15) is 0 Å². The molecule has 1 unspecified atom stereocenters. The van der Waals surface area contributed by atoms with Gasteiger partial charge in [-0.05, 0) is 42.6 Å². The summed E-state index contributed by atoms with van der Waals surface area (Å²) in [6, 6.07) is 15.9. The van der Waals surface area contributed by atoms with Crippen molar-refractivity contribution in [1.29, 1.82) is 0 Å². The Kier molecular flexibility index (Phi) is 4.16. The molecule has 0 fully saturated rings. The third-order valence-electron chi connectivity index (χ3n) is 3.10. The molecular formula is C16H21N. The second-order valence-electron chi connectivity index (χ2n) is 4.74. The number of hydrogen-bond donors (Lipinski definition) is 1. The highest BCUT2D eigenvalue weighted by molar-refractivity contribution is 5.82. The molecule has 17 heavy (non-hydrogen) atoms. The lowest BCUT2D eigenvalue weighted by atomic mass is 10.0. The van der Waals surface area contributed by atoms with Crippen LogP contribution in [-0.2, 0) is 6.42 Å². The predicted octanol–water partition coefficient (Wildman–Crippen LogP) is 3.77. The smallest absolute Gasteiger partial charge is 0.00791 e. The molecule has 0 saturated carbocycles. The van der Waals surface area contributed by atoms with Crippen LogP contribution in [0.1, 0.15) is 25.8 Å². The fourth-order valence-electron chi connectivity index (χ4n) is 2.18. The van der Waals surface area contributed by atoms with E-state index in [-0.39, 0.29) is 0 Å². The van der Waals surface area contributed by atoms with Crippen LogP contribution in [0.5, 0.6) is 0 Å². The number of hydrogen-bond acceptors (Lipinski definition) is 1. The highest BCUT2D eigenvalue weighted by atomic mass is 14.9. The van der Waals surface area contributed by atoms with E-state index in [1.165, 1.54) is 22.8 Å². The summed E-state index contributed by atoms with van der Waals surface area (Å²) in [5.74, 6) is 0. The molecule has 0 bridgehead atoms. The van der Waals surface area contributed by atoms with E-state index in [2.05, 4.69) is 61.6 Å². The average Bonchev–Trinajstić information content (AvgIpc) is 2.36. The van der Waals surface area contributed by atoms with Gasteiger partial charge in [0.25, 0.3) is 0 Å². The minimum atomic E-state index is 0.552. The Labute approximate surface area is 104 Å². The molecular weight excluding hydrogens is 206 g/mol. The van der Waals surface area contributed by atoms with Crippen molar-refractivity contribution in [3.05, 3.63) is 48.0 Å². The lowest BCUT2D eigenvalue weighted by Gasteiger charge is -2.13. The molecule has 2 aromatic rings. The molecule has 90 valence electrons. The summed E-state index contributed by atoms with van der Waals surface area (Å²) in [7, 11) is 0. The maximum atomic E-state index is 3.53. The van der Waals surface area contributed by atoms with Gasteiger partial charge < -0.3 is 5.32 Å². The molecule has 0 spiro atoms. The maximum absolute atomic E-state index is 3.53. The van der Waals surface area contributed by atoms with Gasteiger partial charge in [0.2, 0.25) is 0 Å². The van der Waals surface area contributed by atoms with Crippen LogP contribution in [0.2, 0.25) is 0 Å². The molecule has 0 radical (unpaired) electrons. The van der Waals surface area contributed by atoms with Crippen molar-refractivity contribution in [1.82, 2.24) is 5.32 Å². The van der Waals surface area contributed by atoms with Gasteiger partial charge in [-0.25, -0.2) is 0 Å². The molecule has 0 aliphatic carbocycles. The molecule has 1 nitrogen and oxygen atoms in total. The van der Waals surface area contributed by atoms with Crippen molar-refractivity contribution in [3.63, 3.8) is 0 Å². The van der Waals surface area contributed by atoms with Crippen LogP contribution in [0, 0.1) is 0 Å². The van der Waals surface area contributed by atoms with Crippen LogP contribution in [0.4, 0.5) is 0 Å². The molecule has 0 heterocycles. The summed E-state index contributed by atoms with van der Waals surface area (Å²) in [6.45, 7) is 5.56.